The molecule has 0 N–H and O–H groups in total. The van der Waals surface area contributed by atoms with E-state index in [0.717, 1.165) is 106 Å². The number of furan rings is 1. The second kappa shape index (κ2) is 12.9. The molecule has 1 aliphatic rings. The van der Waals surface area contributed by atoms with Crippen LogP contribution < -0.4 is 14.5 Å². The minimum atomic E-state index is 0.840. The highest BCUT2D eigenvalue weighted by Crippen LogP contribution is 2.53. The molecule has 0 amide bonds. The van der Waals surface area contributed by atoms with E-state index in [2.05, 4.69) is 210 Å². The summed E-state index contributed by atoms with van der Waals surface area (Å²) >= 11 is 0. The van der Waals surface area contributed by atoms with Crippen LogP contribution >= 0.6 is 0 Å². The second-order valence-corrected chi connectivity index (χ2v) is 14.9. The largest absolute Gasteiger partial charge is 0.456 e. The van der Waals surface area contributed by atoms with Crippen molar-refractivity contribution in [3.63, 3.8) is 0 Å². The zero-order chi connectivity index (χ0) is 38.2. The van der Waals surface area contributed by atoms with Crippen molar-refractivity contribution in [2.45, 2.75) is 0 Å². The van der Waals surface area contributed by atoms with Crippen LogP contribution in [0.5, 0.6) is 11.5 Å². The SMILES string of the molecule is c1ccc(-c2cccc3c2oc2c(N(c4ccccc4)c4cc5ccc6cc(N(c7ccccc7)c7ccccc7)cc7c6c5c5c(cccc45)O7)cccc23)cc1. The Bertz CT molecular complexity index is 3320. The molecule has 58 heavy (non-hydrogen) atoms. The van der Waals surface area contributed by atoms with Crippen molar-refractivity contribution in [3.8, 4) is 22.6 Å². The van der Waals surface area contributed by atoms with Gasteiger partial charge in [0.15, 0.2) is 5.58 Å². The molecule has 10 aromatic carbocycles. The van der Waals surface area contributed by atoms with Crippen molar-refractivity contribution >= 4 is 88.4 Å². The normalized spacial score (nSPS) is 11.9. The number of nitrogens with zero attached hydrogens (tertiary/aromatic N) is 2. The van der Waals surface area contributed by atoms with Gasteiger partial charge in [-0.1, -0.05) is 140 Å². The lowest BCUT2D eigenvalue weighted by atomic mass is 9.91. The van der Waals surface area contributed by atoms with Crippen molar-refractivity contribution < 1.29 is 9.15 Å². The number of fused-ring (bicyclic) bond motifs is 3. The molecule has 0 saturated carbocycles. The van der Waals surface area contributed by atoms with Gasteiger partial charge in [-0.15, -0.1) is 0 Å². The van der Waals surface area contributed by atoms with Gasteiger partial charge >= 0.3 is 0 Å². The zero-order valence-corrected chi connectivity index (χ0v) is 31.3. The highest BCUT2D eigenvalue weighted by molar-refractivity contribution is 6.28. The van der Waals surface area contributed by atoms with Gasteiger partial charge in [-0.3, -0.25) is 0 Å². The summed E-state index contributed by atoms with van der Waals surface area (Å²) in [4.78, 5) is 4.65. The standard InChI is InChI=1S/C54H34N2O2/c1-5-16-35(17-6-1)42-24-13-25-43-44-26-14-28-46(54(44)58-53(42)43)56(40-22-11-4-12-23-40)47-33-37-31-30-36-32-41(55(38-18-7-2-8-19-38)39-20-9-3-10-21-39)34-49-50(36)51(37)52-45(47)27-15-29-48(52)57-49/h1-34H. The zero-order valence-electron chi connectivity index (χ0n) is 31.3. The van der Waals surface area contributed by atoms with E-state index >= 15 is 0 Å². The van der Waals surface area contributed by atoms with Crippen LogP contribution in [0.4, 0.5) is 34.1 Å². The van der Waals surface area contributed by atoms with Gasteiger partial charge < -0.3 is 19.0 Å². The number of ether oxygens (including phenoxy) is 1. The molecule has 4 heteroatoms. The van der Waals surface area contributed by atoms with Crippen molar-refractivity contribution in [2.75, 3.05) is 9.80 Å². The molecule has 0 bridgehead atoms. The van der Waals surface area contributed by atoms with Crippen LogP contribution in [0.2, 0.25) is 0 Å². The minimum Gasteiger partial charge on any atom is -0.456 e. The van der Waals surface area contributed by atoms with Crippen LogP contribution in [-0.4, -0.2) is 0 Å². The van der Waals surface area contributed by atoms with Gasteiger partial charge in [-0.05, 0) is 77.0 Å². The van der Waals surface area contributed by atoms with Gasteiger partial charge in [-0.2, -0.15) is 0 Å². The Balaban J connectivity index is 1.10. The molecule has 12 rings (SSSR count). The van der Waals surface area contributed by atoms with Crippen LogP contribution in [-0.2, 0) is 0 Å². The Morgan fingerprint density at radius 3 is 1.59 bits per heavy atom. The molecule has 1 aliphatic heterocycles. The third-order valence-electron chi connectivity index (χ3n) is 11.5. The summed E-state index contributed by atoms with van der Waals surface area (Å²) in [5.41, 5.74) is 10.2. The molecule has 0 aliphatic carbocycles. The van der Waals surface area contributed by atoms with E-state index in [9.17, 15) is 0 Å². The first kappa shape index (κ1) is 32.4. The molecule has 0 saturated heterocycles. The molecule has 2 heterocycles. The fraction of sp³-hybridized carbons (Fsp3) is 0. The fourth-order valence-electron chi connectivity index (χ4n) is 9.06. The summed E-state index contributed by atoms with van der Waals surface area (Å²) in [5, 5.41) is 8.97. The number of anilines is 6. The predicted molar refractivity (Wildman–Crippen MR) is 241 cm³/mol. The van der Waals surface area contributed by atoms with Gasteiger partial charge in [0.25, 0.3) is 0 Å². The lowest BCUT2D eigenvalue weighted by Crippen LogP contribution is -2.12. The van der Waals surface area contributed by atoms with Crippen molar-refractivity contribution in [3.05, 3.63) is 206 Å². The Morgan fingerprint density at radius 1 is 0.328 bits per heavy atom. The van der Waals surface area contributed by atoms with Crippen molar-refractivity contribution in [1.82, 2.24) is 0 Å². The third-order valence-corrected chi connectivity index (χ3v) is 11.5. The summed E-state index contributed by atoms with van der Waals surface area (Å²) in [6.07, 6.45) is 0. The van der Waals surface area contributed by atoms with E-state index in [-0.39, 0.29) is 0 Å². The van der Waals surface area contributed by atoms with Gasteiger partial charge in [0.1, 0.15) is 17.1 Å². The number of para-hydroxylation sites is 5. The Labute approximate surface area is 335 Å². The van der Waals surface area contributed by atoms with Crippen LogP contribution in [0.3, 0.4) is 0 Å². The molecule has 0 radical (unpaired) electrons. The molecule has 11 aromatic rings. The molecular formula is C54H34N2O2. The molecule has 272 valence electrons. The van der Waals surface area contributed by atoms with E-state index in [0.29, 0.717) is 0 Å². The number of rotatable bonds is 7. The maximum atomic E-state index is 7.01. The summed E-state index contributed by atoms with van der Waals surface area (Å²) in [7, 11) is 0. The maximum Gasteiger partial charge on any atom is 0.159 e. The molecule has 4 nitrogen and oxygen atoms in total. The maximum absolute atomic E-state index is 7.01. The molecule has 1 aromatic heterocycles. The van der Waals surface area contributed by atoms with E-state index in [1.165, 1.54) is 5.39 Å². The molecule has 0 atom stereocenters. The number of hydrogen-bond acceptors (Lipinski definition) is 4. The smallest absolute Gasteiger partial charge is 0.159 e. The fourth-order valence-corrected chi connectivity index (χ4v) is 9.06. The van der Waals surface area contributed by atoms with E-state index in [1.54, 1.807) is 0 Å². The third kappa shape index (κ3) is 4.95. The summed E-state index contributed by atoms with van der Waals surface area (Å²) in [6.45, 7) is 0. The summed E-state index contributed by atoms with van der Waals surface area (Å²) in [5.74, 6) is 1.69. The Kier molecular flexibility index (Phi) is 7.20. The first-order valence-corrected chi connectivity index (χ1v) is 19.7. The lowest BCUT2D eigenvalue weighted by Gasteiger charge is -2.30. The highest BCUT2D eigenvalue weighted by Gasteiger charge is 2.27. The second-order valence-electron chi connectivity index (χ2n) is 14.9. The highest BCUT2D eigenvalue weighted by atomic mass is 16.5. The quantitative estimate of drug-likeness (QED) is 0.152. The van der Waals surface area contributed by atoms with Crippen LogP contribution in [0.1, 0.15) is 0 Å². The topological polar surface area (TPSA) is 28.9 Å². The monoisotopic (exact) mass is 742 g/mol. The molecular weight excluding hydrogens is 709 g/mol. The van der Waals surface area contributed by atoms with Gasteiger partial charge in [0.05, 0.1) is 17.1 Å². The predicted octanol–water partition coefficient (Wildman–Crippen LogP) is 15.8. The Morgan fingerprint density at radius 2 is 0.897 bits per heavy atom. The number of hydrogen-bond donors (Lipinski definition) is 0. The first-order chi connectivity index (χ1) is 28.8. The van der Waals surface area contributed by atoms with Gasteiger partial charge in [0, 0.05) is 61.0 Å². The lowest BCUT2D eigenvalue weighted by molar-refractivity contribution is 0.493. The molecule has 0 spiro atoms. The van der Waals surface area contributed by atoms with Crippen molar-refractivity contribution in [1.29, 1.82) is 0 Å². The van der Waals surface area contributed by atoms with E-state index in [1.807, 2.05) is 6.07 Å². The van der Waals surface area contributed by atoms with Gasteiger partial charge in [0.2, 0.25) is 0 Å². The summed E-state index contributed by atoms with van der Waals surface area (Å²) < 4.78 is 14.0. The molecule has 0 unspecified atom stereocenters. The van der Waals surface area contributed by atoms with Crippen LogP contribution in [0, 0.1) is 0 Å². The van der Waals surface area contributed by atoms with Crippen molar-refractivity contribution in [2.24, 2.45) is 0 Å². The van der Waals surface area contributed by atoms with E-state index in [4.69, 9.17) is 9.15 Å². The molecule has 0 fully saturated rings. The Hall–Kier alpha value is -7.82. The number of benzene rings is 10. The van der Waals surface area contributed by atoms with E-state index < -0.39 is 0 Å². The average Bonchev–Trinajstić information content (AvgIpc) is 3.68. The van der Waals surface area contributed by atoms with Gasteiger partial charge in [-0.25, -0.2) is 0 Å². The summed E-state index contributed by atoms with van der Waals surface area (Å²) in [6, 6.07) is 72.8. The van der Waals surface area contributed by atoms with Crippen LogP contribution in [0.15, 0.2) is 211 Å². The minimum absolute atomic E-state index is 0.840. The van der Waals surface area contributed by atoms with Crippen LogP contribution in [0.25, 0.3) is 65.4 Å². The average molecular weight is 743 g/mol. The first-order valence-electron chi connectivity index (χ1n) is 19.7.